The van der Waals surface area contributed by atoms with Gasteiger partial charge in [-0.25, -0.2) is 12.8 Å². The van der Waals surface area contributed by atoms with Gasteiger partial charge in [0.05, 0.1) is 16.2 Å². The third kappa shape index (κ3) is 1.46. The molecule has 16 heavy (non-hydrogen) atoms. The van der Waals surface area contributed by atoms with Crippen LogP contribution in [0, 0.1) is 5.82 Å². The second-order valence-electron chi connectivity index (χ2n) is 3.94. The first kappa shape index (κ1) is 11.5. The summed E-state index contributed by atoms with van der Waals surface area (Å²) in [7, 11) is -1.61. The lowest BCUT2D eigenvalue weighted by molar-refractivity contribution is 0.525. The van der Waals surface area contributed by atoms with Crippen LogP contribution in [0.25, 0.3) is 0 Å². The van der Waals surface area contributed by atoms with E-state index < -0.39 is 20.9 Å². The van der Waals surface area contributed by atoms with Gasteiger partial charge in [-0.3, -0.25) is 0 Å². The lowest BCUT2D eigenvalue weighted by Gasteiger charge is -2.16. The fraction of sp³-hybridized carbons (Fsp3) is 0.455. The van der Waals surface area contributed by atoms with Gasteiger partial charge in [-0.15, -0.1) is 0 Å². The SMILES string of the molecule is CCC1C(NC)c2cc(F)ccc2S1(=O)=O. The Morgan fingerprint density at radius 2 is 2.12 bits per heavy atom. The summed E-state index contributed by atoms with van der Waals surface area (Å²) in [6, 6.07) is 3.56. The van der Waals surface area contributed by atoms with Gasteiger partial charge in [0.1, 0.15) is 5.82 Å². The highest BCUT2D eigenvalue weighted by Crippen LogP contribution is 2.40. The molecule has 0 radical (unpaired) electrons. The van der Waals surface area contributed by atoms with Crippen molar-refractivity contribution in [2.24, 2.45) is 0 Å². The van der Waals surface area contributed by atoms with Crippen molar-refractivity contribution >= 4 is 9.84 Å². The topological polar surface area (TPSA) is 46.2 Å². The van der Waals surface area contributed by atoms with Crippen molar-refractivity contribution in [2.75, 3.05) is 7.05 Å². The van der Waals surface area contributed by atoms with Crippen molar-refractivity contribution in [1.82, 2.24) is 5.32 Å². The average Bonchev–Trinajstić information content (AvgIpc) is 2.45. The van der Waals surface area contributed by atoms with Gasteiger partial charge in [-0.05, 0) is 37.2 Å². The van der Waals surface area contributed by atoms with Crippen LogP contribution in [0.3, 0.4) is 0 Å². The average molecular weight is 243 g/mol. The van der Waals surface area contributed by atoms with Gasteiger partial charge >= 0.3 is 0 Å². The van der Waals surface area contributed by atoms with E-state index in [1.54, 1.807) is 7.05 Å². The fourth-order valence-electron chi connectivity index (χ4n) is 2.36. The number of sulfone groups is 1. The second kappa shape index (κ2) is 3.82. The van der Waals surface area contributed by atoms with E-state index in [0.717, 1.165) is 0 Å². The molecular formula is C11H14FNO2S. The Morgan fingerprint density at radius 1 is 1.44 bits per heavy atom. The monoisotopic (exact) mass is 243 g/mol. The molecule has 0 fully saturated rings. The molecule has 3 nitrogen and oxygen atoms in total. The van der Waals surface area contributed by atoms with Crippen LogP contribution in [0.5, 0.6) is 0 Å². The molecule has 0 aromatic heterocycles. The van der Waals surface area contributed by atoms with Crippen LogP contribution in [-0.4, -0.2) is 20.7 Å². The minimum absolute atomic E-state index is 0.264. The van der Waals surface area contributed by atoms with Crippen LogP contribution in [0.4, 0.5) is 4.39 Å². The Balaban J connectivity index is 2.67. The summed E-state index contributed by atoms with van der Waals surface area (Å²) in [5.74, 6) is -0.397. The minimum atomic E-state index is -3.30. The number of fused-ring (bicyclic) bond motifs is 1. The molecule has 0 aliphatic carbocycles. The molecule has 1 N–H and O–H groups in total. The van der Waals surface area contributed by atoms with E-state index in [0.29, 0.717) is 12.0 Å². The molecule has 1 aliphatic heterocycles. The van der Waals surface area contributed by atoms with E-state index in [1.807, 2.05) is 6.92 Å². The summed E-state index contributed by atoms with van der Waals surface area (Å²) >= 11 is 0. The number of halogens is 1. The van der Waals surface area contributed by atoms with Crippen molar-refractivity contribution < 1.29 is 12.8 Å². The fourth-order valence-corrected chi connectivity index (χ4v) is 4.54. The smallest absolute Gasteiger partial charge is 0.183 e. The van der Waals surface area contributed by atoms with Crippen molar-refractivity contribution in [2.45, 2.75) is 29.5 Å². The van der Waals surface area contributed by atoms with Crippen LogP contribution in [0.15, 0.2) is 23.1 Å². The third-order valence-electron chi connectivity index (χ3n) is 3.10. The van der Waals surface area contributed by atoms with Crippen LogP contribution in [0.1, 0.15) is 24.9 Å². The maximum atomic E-state index is 13.1. The highest BCUT2D eigenvalue weighted by atomic mass is 32.2. The lowest BCUT2D eigenvalue weighted by Crippen LogP contribution is -2.28. The zero-order valence-corrected chi connectivity index (χ0v) is 10.0. The van der Waals surface area contributed by atoms with E-state index in [2.05, 4.69) is 5.32 Å². The molecule has 5 heteroatoms. The maximum Gasteiger partial charge on any atom is 0.183 e. The van der Waals surface area contributed by atoms with Crippen molar-refractivity contribution in [3.8, 4) is 0 Å². The Morgan fingerprint density at radius 3 is 2.69 bits per heavy atom. The first-order chi connectivity index (χ1) is 7.52. The largest absolute Gasteiger partial charge is 0.312 e. The maximum absolute atomic E-state index is 13.1. The lowest BCUT2D eigenvalue weighted by atomic mass is 10.0. The van der Waals surface area contributed by atoms with E-state index in [4.69, 9.17) is 0 Å². The summed E-state index contributed by atoms with van der Waals surface area (Å²) in [5, 5.41) is 2.47. The summed E-state index contributed by atoms with van der Waals surface area (Å²) in [6.07, 6.45) is 0.518. The molecule has 0 saturated carbocycles. The molecule has 2 atom stereocenters. The number of benzene rings is 1. The van der Waals surface area contributed by atoms with Gasteiger partial charge in [0.15, 0.2) is 9.84 Å². The van der Waals surface area contributed by atoms with E-state index >= 15 is 0 Å². The van der Waals surface area contributed by atoms with Crippen LogP contribution < -0.4 is 5.32 Å². The first-order valence-corrected chi connectivity index (χ1v) is 6.77. The standard InChI is InChI=1S/C11H14FNO2S/c1-3-9-11(13-2)8-6-7(12)4-5-10(8)16(9,14)15/h4-6,9,11,13H,3H2,1-2H3. The molecule has 1 heterocycles. The summed E-state index contributed by atoms with van der Waals surface area (Å²) in [5.41, 5.74) is 0.550. The second-order valence-corrected chi connectivity index (χ2v) is 6.08. The summed E-state index contributed by atoms with van der Waals surface area (Å²) in [6.45, 7) is 1.83. The Labute approximate surface area is 94.6 Å². The Bertz CT molecular complexity index is 513. The van der Waals surface area contributed by atoms with Crippen LogP contribution >= 0.6 is 0 Å². The van der Waals surface area contributed by atoms with Gasteiger partial charge in [0.2, 0.25) is 0 Å². The number of rotatable bonds is 2. The molecule has 1 aromatic rings. The van der Waals surface area contributed by atoms with Gasteiger partial charge in [0, 0.05) is 0 Å². The van der Waals surface area contributed by atoms with Crippen molar-refractivity contribution in [3.63, 3.8) is 0 Å². The summed E-state index contributed by atoms with van der Waals surface area (Å²) < 4.78 is 37.4. The number of nitrogens with one attached hydrogen (secondary N) is 1. The zero-order valence-electron chi connectivity index (χ0n) is 9.20. The van der Waals surface area contributed by atoms with E-state index in [9.17, 15) is 12.8 Å². The van der Waals surface area contributed by atoms with Gasteiger partial charge < -0.3 is 5.32 Å². The van der Waals surface area contributed by atoms with Crippen LogP contribution in [0.2, 0.25) is 0 Å². The Hall–Kier alpha value is -0.940. The molecule has 1 aliphatic rings. The molecule has 0 saturated heterocycles. The highest BCUT2D eigenvalue weighted by molar-refractivity contribution is 7.92. The zero-order chi connectivity index (χ0) is 11.9. The predicted molar refractivity (Wildman–Crippen MR) is 59.5 cm³/mol. The highest BCUT2D eigenvalue weighted by Gasteiger charge is 2.43. The van der Waals surface area contributed by atoms with E-state index in [1.165, 1.54) is 18.2 Å². The summed E-state index contributed by atoms with van der Waals surface area (Å²) in [4.78, 5) is 0.264. The number of hydrogen-bond acceptors (Lipinski definition) is 3. The quantitative estimate of drug-likeness (QED) is 0.803. The van der Waals surface area contributed by atoms with Gasteiger partial charge in [-0.1, -0.05) is 6.92 Å². The van der Waals surface area contributed by atoms with Gasteiger partial charge in [0.25, 0.3) is 0 Å². The molecule has 88 valence electrons. The first-order valence-electron chi connectivity index (χ1n) is 5.23. The Kier molecular flexibility index (Phi) is 2.75. The molecule has 2 rings (SSSR count). The molecule has 1 aromatic carbocycles. The molecular weight excluding hydrogens is 229 g/mol. The minimum Gasteiger partial charge on any atom is -0.312 e. The molecule has 2 unspecified atom stereocenters. The normalized spacial score (nSPS) is 26.7. The molecule has 0 bridgehead atoms. The number of hydrogen-bond donors (Lipinski definition) is 1. The van der Waals surface area contributed by atoms with Crippen molar-refractivity contribution in [1.29, 1.82) is 0 Å². The van der Waals surface area contributed by atoms with Crippen molar-refractivity contribution in [3.05, 3.63) is 29.6 Å². The van der Waals surface area contributed by atoms with E-state index in [-0.39, 0.29) is 10.9 Å². The molecule has 0 spiro atoms. The van der Waals surface area contributed by atoms with Crippen LogP contribution in [-0.2, 0) is 9.84 Å². The molecule has 0 amide bonds. The predicted octanol–water partition coefficient (Wildman–Crippen LogP) is 1.65. The van der Waals surface area contributed by atoms with Gasteiger partial charge in [-0.2, -0.15) is 0 Å². The third-order valence-corrected chi connectivity index (χ3v) is 5.48.